The van der Waals surface area contributed by atoms with E-state index in [2.05, 4.69) is 27.5 Å². The minimum absolute atomic E-state index is 0.575. The highest BCUT2D eigenvalue weighted by molar-refractivity contribution is 9.10. The predicted molar refractivity (Wildman–Crippen MR) is 72.2 cm³/mol. The van der Waals surface area contributed by atoms with Crippen molar-refractivity contribution in [2.24, 2.45) is 0 Å². The van der Waals surface area contributed by atoms with E-state index in [4.69, 9.17) is 4.84 Å². The number of halogens is 1. The topological polar surface area (TPSA) is 21.3 Å². The van der Waals surface area contributed by atoms with Crippen molar-refractivity contribution < 1.29 is 4.84 Å². The maximum absolute atomic E-state index is 5.41. The van der Waals surface area contributed by atoms with E-state index in [1.165, 1.54) is 5.56 Å². The molecular weight excluding hydrogens is 278 g/mol. The number of hydrogen-bond donors (Lipinski definition) is 1. The smallest absolute Gasteiger partial charge is 0.0933 e. The van der Waals surface area contributed by atoms with Crippen LogP contribution in [0.2, 0.25) is 0 Å². The lowest BCUT2D eigenvalue weighted by molar-refractivity contribution is 0.0234. The minimum Gasteiger partial charge on any atom is -0.297 e. The second kappa shape index (κ2) is 6.55. The molecule has 0 radical (unpaired) electrons. The highest BCUT2D eigenvalue weighted by atomic mass is 79.9. The highest BCUT2D eigenvalue weighted by Gasteiger charge is 1.97. The monoisotopic (exact) mass is 291 g/mol. The van der Waals surface area contributed by atoms with E-state index < -0.39 is 0 Å². The van der Waals surface area contributed by atoms with Crippen LogP contribution in [0.3, 0.4) is 0 Å². The molecule has 0 unspecified atom stereocenters. The van der Waals surface area contributed by atoms with Crippen molar-refractivity contribution in [3.8, 4) is 0 Å². The summed E-state index contributed by atoms with van der Waals surface area (Å²) >= 11 is 3.50. The van der Waals surface area contributed by atoms with E-state index in [9.17, 15) is 0 Å². The van der Waals surface area contributed by atoms with E-state index in [0.29, 0.717) is 13.2 Å². The van der Waals surface area contributed by atoms with Gasteiger partial charge in [-0.3, -0.25) is 4.84 Å². The molecule has 2 rings (SSSR count). The van der Waals surface area contributed by atoms with Crippen LogP contribution in [-0.4, -0.2) is 0 Å². The Morgan fingerprint density at radius 1 is 0.941 bits per heavy atom. The molecular formula is C14H14BrNO. The summed E-state index contributed by atoms with van der Waals surface area (Å²) in [5.41, 5.74) is 5.30. The van der Waals surface area contributed by atoms with E-state index in [1.54, 1.807) is 0 Å². The lowest BCUT2D eigenvalue weighted by atomic mass is 10.2. The Morgan fingerprint density at radius 2 is 1.65 bits per heavy atom. The largest absolute Gasteiger partial charge is 0.297 e. The molecule has 0 spiro atoms. The lowest BCUT2D eigenvalue weighted by Gasteiger charge is -2.07. The molecule has 0 aliphatic carbocycles. The maximum Gasteiger partial charge on any atom is 0.0933 e. The van der Waals surface area contributed by atoms with Gasteiger partial charge in [0.05, 0.1) is 6.61 Å². The molecule has 0 fully saturated rings. The van der Waals surface area contributed by atoms with Crippen LogP contribution < -0.4 is 5.48 Å². The third kappa shape index (κ3) is 3.97. The first-order valence-electron chi connectivity index (χ1n) is 5.48. The van der Waals surface area contributed by atoms with Gasteiger partial charge in [-0.15, -0.1) is 0 Å². The van der Waals surface area contributed by atoms with Gasteiger partial charge in [0.15, 0.2) is 0 Å². The summed E-state index contributed by atoms with van der Waals surface area (Å²) in [6.45, 7) is 1.26. The van der Waals surface area contributed by atoms with Gasteiger partial charge >= 0.3 is 0 Å². The third-order valence-electron chi connectivity index (χ3n) is 2.40. The quantitative estimate of drug-likeness (QED) is 0.670. The van der Waals surface area contributed by atoms with Crippen molar-refractivity contribution in [1.82, 2.24) is 5.48 Å². The normalized spacial score (nSPS) is 10.4. The van der Waals surface area contributed by atoms with Gasteiger partial charge in [0.1, 0.15) is 0 Å². The summed E-state index contributed by atoms with van der Waals surface area (Å²) in [5, 5.41) is 0. The Bertz CT molecular complexity index is 459. The molecule has 17 heavy (non-hydrogen) atoms. The first-order valence-corrected chi connectivity index (χ1v) is 6.27. The standard InChI is InChI=1S/C14H14BrNO/c15-14-9-5-4-8-13(14)10-16-17-11-12-6-2-1-3-7-12/h1-9,16H,10-11H2. The molecule has 2 aromatic carbocycles. The molecule has 0 aromatic heterocycles. The first kappa shape index (κ1) is 12.3. The molecule has 0 saturated heterocycles. The van der Waals surface area contributed by atoms with E-state index >= 15 is 0 Å². The molecule has 88 valence electrons. The zero-order valence-corrected chi connectivity index (χ0v) is 11.0. The summed E-state index contributed by atoms with van der Waals surface area (Å²) in [6, 6.07) is 18.2. The summed E-state index contributed by atoms with van der Waals surface area (Å²) in [7, 11) is 0. The second-order valence-electron chi connectivity index (χ2n) is 3.69. The number of hydrogen-bond acceptors (Lipinski definition) is 2. The van der Waals surface area contributed by atoms with Crippen LogP contribution in [0.5, 0.6) is 0 Å². The number of benzene rings is 2. The summed E-state index contributed by atoms with van der Waals surface area (Å²) < 4.78 is 1.09. The van der Waals surface area contributed by atoms with Gasteiger partial charge in [-0.2, -0.15) is 5.48 Å². The molecule has 0 amide bonds. The summed E-state index contributed by atoms with van der Waals surface area (Å²) in [6.07, 6.45) is 0. The van der Waals surface area contributed by atoms with E-state index in [0.717, 1.165) is 10.0 Å². The molecule has 0 heterocycles. The Hall–Kier alpha value is -1.16. The Kier molecular flexibility index (Phi) is 4.74. The Morgan fingerprint density at radius 3 is 2.41 bits per heavy atom. The van der Waals surface area contributed by atoms with Crippen molar-refractivity contribution >= 4 is 15.9 Å². The molecule has 0 saturated carbocycles. The van der Waals surface area contributed by atoms with Gasteiger partial charge < -0.3 is 0 Å². The van der Waals surface area contributed by atoms with Crippen LogP contribution in [0, 0.1) is 0 Å². The zero-order chi connectivity index (χ0) is 11.9. The summed E-state index contributed by atoms with van der Waals surface area (Å²) in [5.74, 6) is 0. The van der Waals surface area contributed by atoms with Crippen LogP contribution >= 0.6 is 15.9 Å². The maximum atomic E-state index is 5.41. The fourth-order valence-electron chi connectivity index (χ4n) is 1.48. The van der Waals surface area contributed by atoms with Crippen LogP contribution in [-0.2, 0) is 18.0 Å². The molecule has 0 atom stereocenters. The minimum atomic E-state index is 0.575. The molecule has 0 aliphatic rings. The van der Waals surface area contributed by atoms with Crippen LogP contribution in [0.15, 0.2) is 59.1 Å². The summed E-state index contributed by atoms with van der Waals surface area (Å²) in [4.78, 5) is 5.41. The molecule has 0 bridgehead atoms. The van der Waals surface area contributed by atoms with Gasteiger partial charge in [-0.05, 0) is 17.2 Å². The van der Waals surface area contributed by atoms with E-state index in [-0.39, 0.29) is 0 Å². The molecule has 1 N–H and O–H groups in total. The number of rotatable bonds is 5. The van der Waals surface area contributed by atoms with E-state index in [1.807, 2.05) is 48.5 Å². The molecule has 2 aromatic rings. The highest BCUT2D eigenvalue weighted by Crippen LogP contribution is 2.15. The van der Waals surface area contributed by atoms with Gasteiger partial charge in [-0.1, -0.05) is 64.5 Å². The number of hydroxylamine groups is 1. The van der Waals surface area contributed by atoms with Crippen molar-refractivity contribution in [1.29, 1.82) is 0 Å². The van der Waals surface area contributed by atoms with Crippen LogP contribution in [0.1, 0.15) is 11.1 Å². The van der Waals surface area contributed by atoms with Gasteiger partial charge in [0, 0.05) is 11.0 Å². The fraction of sp³-hybridized carbons (Fsp3) is 0.143. The van der Waals surface area contributed by atoms with Crippen molar-refractivity contribution in [2.45, 2.75) is 13.2 Å². The molecule has 0 aliphatic heterocycles. The molecule has 2 nitrogen and oxygen atoms in total. The lowest BCUT2D eigenvalue weighted by Crippen LogP contribution is -2.14. The van der Waals surface area contributed by atoms with Crippen LogP contribution in [0.25, 0.3) is 0 Å². The SMILES string of the molecule is Brc1ccccc1CNOCc1ccccc1. The fourth-order valence-corrected chi connectivity index (χ4v) is 1.90. The third-order valence-corrected chi connectivity index (χ3v) is 3.18. The Balaban J connectivity index is 1.76. The molecule has 3 heteroatoms. The predicted octanol–water partition coefficient (Wildman–Crippen LogP) is 3.67. The number of nitrogens with one attached hydrogen (secondary N) is 1. The van der Waals surface area contributed by atoms with Gasteiger partial charge in [0.25, 0.3) is 0 Å². The average molecular weight is 292 g/mol. The Labute approximate surface area is 110 Å². The van der Waals surface area contributed by atoms with Crippen LogP contribution in [0.4, 0.5) is 0 Å². The first-order chi connectivity index (χ1) is 8.36. The van der Waals surface area contributed by atoms with Crippen molar-refractivity contribution in [3.63, 3.8) is 0 Å². The van der Waals surface area contributed by atoms with Crippen molar-refractivity contribution in [2.75, 3.05) is 0 Å². The zero-order valence-electron chi connectivity index (χ0n) is 9.40. The average Bonchev–Trinajstić information content (AvgIpc) is 2.38. The van der Waals surface area contributed by atoms with Crippen molar-refractivity contribution in [3.05, 3.63) is 70.2 Å². The van der Waals surface area contributed by atoms with Gasteiger partial charge in [-0.25, -0.2) is 0 Å². The van der Waals surface area contributed by atoms with Gasteiger partial charge in [0.2, 0.25) is 0 Å². The second-order valence-corrected chi connectivity index (χ2v) is 4.54.